The Morgan fingerprint density at radius 3 is 2.88 bits per heavy atom. The molecule has 0 aliphatic heterocycles. The Bertz CT molecular complexity index is 361. The van der Waals surface area contributed by atoms with Gasteiger partial charge in [-0.05, 0) is 12.3 Å². The van der Waals surface area contributed by atoms with Crippen molar-refractivity contribution in [3.05, 3.63) is 11.8 Å². The number of nitrogens with zero attached hydrogens (tertiary/aromatic N) is 1. The maximum atomic E-state index is 11.8. The molecule has 5 nitrogen and oxygen atoms in total. The summed E-state index contributed by atoms with van der Waals surface area (Å²) in [5.41, 5.74) is 6.86. The molecular formula is C12H22N4O. The molecule has 0 aromatic carbocycles. The number of aryl methyl sites for hydroxylation is 1. The molecule has 5 heteroatoms. The van der Waals surface area contributed by atoms with E-state index >= 15 is 0 Å². The number of aromatic amines is 1. The number of aromatic nitrogens is 2. The number of carbonyl (C=O) groups is 1. The smallest absolute Gasteiger partial charge is 0.242 e. The van der Waals surface area contributed by atoms with Crippen LogP contribution >= 0.6 is 0 Å². The second-order valence-corrected chi connectivity index (χ2v) is 4.43. The molecule has 96 valence electrons. The third kappa shape index (κ3) is 3.85. The van der Waals surface area contributed by atoms with Crippen LogP contribution in [0.25, 0.3) is 0 Å². The number of hydrogen-bond donors (Lipinski definition) is 3. The molecule has 17 heavy (non-hydrogen) atoms. The van der Waals surface area contributed by atoms with Crippen molar-refractivity contribution in [2.45, 2.75) is 46.1 Å². The van der Waals surface area contributed by atoms with Gasteiger partial charge in [-0.15, -0.1) is 0 Å². The van der Waals surface area contributed by atoms with E-state index in [9.17, 15) is 4.79 Å². The third-order valence-electron chi connectivity index (χ3n) is 2.96. The van der Waals surface area contributed by atoms with Crippen molar-refractivity contribution in [3.63, 3.8) is 0 Å². The number of rotatable bonds is 6. The maximum Gasteiger partial charge on any atom is 0.242 e. The van der Waals surface area contributed by atoms with Gasteiger partial charge in [0.2, 0.25) is 5.91 Å². The summed E-state index contributed by atoms with van der Waals surface area (Å²) in [7, 11) is 0. The Morgan fingerprint density at radius 2 is 2.29 bits per heavy atom. The third-order valence-corrected chi connectivity index (χ3v) is 2.96. The van der Waals surface area contributed by atoms with E-state index in [0.717, 1.165) is 25.0 Å². The van der Waals surface area contributed by atoms with Gasteiger partial charge in [0.05, 0.1) is 6.04 Å². The molecule has 0 radical (unpaired) electrons. The molecule has 1 aromatic heterocycles. The highest BCUT2D eigenvalue weighted by Gasteiger charge is 2.20. The highest BCUT2D eigenvalue weighted by atomic mass is 16.2. The van der Waals surface area contributed by atoms with Gasteiger partial charge in [-0.3, -0.25) is 9.89 Å². The van der Waals surface area contributed by atoms with Gasteiger partial charge in [-0.25, -0.2) is 0 Å². The van der Waals surface area contributed by atoms with Crippen LogP contribution in [0.3, 0.4) is 0 Å². The van der Waals surface area contributed by atoms with Crippen LogP contribution in [0, 0.1) is 5.92 Å². The molecule has 0 saturated heterocycles. The van der Waals surface area contributed by atoms with Crippen LogP contribution in [0.15, 0.2) is 6.07 Å². The van der Waals surface area contributed by atoms with Crippen LogP contribution in [-0.4, -0.2) is 22.1 Å². The second kappa shape index (κ2) is 6.39. The maximum absolute atomic E-state index is 11.8. The summed E-state index contributed by atoms with van der Waals surface area (Å²) < 4.78 is 0. The van der Waals surface area contributed by atoms with Crippen molar-refractivity contribution in [2.24, 2.45) is 11.7 Å². The Kier molecular flexibility index (Phi) is 5.15. The number of anilines is 1. The van der Waals surface area contributed by atoms with E-state index in [1.165, 1.54) is 0 Å². The number of hydrogen-bond acceptors (Lipinski definition) is 3. The second-order valence-electron chi connectivity index (χ2n) is 4.43. The zero-order valence-corrected chi connectivity index (χ0v) is 10.8. The first kappa shape index (κ1) is 13.7. The first-order chi connectivity index (χ1) is 8.08. The van der Waals surface area contributed by atoms with E-state index < -0.39 is 6.04 Å². The van der Waals surface area contributed by atoms with Crippen LogP contribution < -0.4 is 11.1 Å². The Balaban J connectivity index is 2.55. The Labute approximate surface area is 102 Å². The average molecular weight is 238 g/mol. The highest BCUT2D eigenvalue weighted by Crippen LogP contribution is 2.10. The molecule has 1 heterocycles. The molecule has 0 spiro atoms. The minimum atomic E-state index is -0.480. The summed E-state index contributed by atoms with van der Waals surface area (Å²) in [4.78, 5) is 11.8. The summed E-state index contributed by atoms with van der Waals surface area (Å²) in [6.45, 7) is 6.08. The van der Waals surface area contributed by atoms with E-state index in [1.807, 2.05) is 19.9 Å². The largest absolute Gasteiger partial charge is 0.320 e. The standard InChI is InChI=1S/C12H22N4O/c1-4-6-9-7-10(16-15-9)14-12(17)11(13)8(3)5-2/h7-8,11H,4-6,13H2,1-3H3,(H2,14,15,16,17)/t8-,11-/m0/s1. The van der Waals surface area contributed by atoms with Crippen LogP contribution in [0.4, 0.5) is 5.82 Å². The lowest BCUT2D eigenvalue weighted by Gasteiger charge is -2.16. The minimum absolute atomic E-state index is 0.170. The number of nitrogens with two attached hydrogens (primary N) is 1. The summed E-state index contributed by atoms with van der Waals surface area (Å²) in [6, 6.07) is 1.37. The van der Waals surface area contributed by atoms with Gasteiger partial charge < -0.3 is 11.1 Å². The zero-order valence-electron chi connectivity index (χ0n) is 10.8. The predicted octanol–water partition coefficient (Wildman–Crippen LogP) is 1.67. The van der Waals surface area contributed by atoms with E-state index in [4.69, 9.17) is 5.73 Å². The van der Waals surface area contributed by atoms with Gasteiger partial charge >= 0.3 is 0 Å². The lowest BCUT2D eigenvalue weighted by Crippen LogP contribution is -2.40. The van der Waals surface area contributed by atoms with Gasteiger partial charge in [0.1, 0.15) is 0 Å². The minimum Gasteiger partial charge on any atom is -0.320 e. The van der Waals surface area contributed by atoms with Gasteiger partial charge in [-0.2, -0.15) is 5.10 Å². The topological polar surface area (TPSA) is 83.8 Å². The lowest BCUT2D eigenvalue weighted by molar-refractivity contribution is -0.118. The first-order valence-corrected chi connectivity index (χ1v) is 6.19. The molecule has 0 unspecified atom stereocenters. The number of H-pyrrole nitrogens is 1. The molecule has 0 aliphatic carbocycles. The van der Waals surface area contributed by atoms with Crippen LogP contribution in [0.5, 0.6) is 0 Å². The molecular weight excluding hydrogens is 216 g/mol. The van der Waals surface area contributed by atoms with E-state index in [0.29, 0.717) is 5.82 Å². The van der Waals surface area contributed by atoms with Gasteiger partial charge in [0.25, 0.3) is 0 Å². The molecule has 0 fully saturated rings. The van der Waals surface area contributed by atoms with Crippen LogP contribution in [0.2, 0.25) is 0 Å². The quantitative estimate of drug-likeness (QED) is 0.705. The average Bonchev–Trinajstić information content (AvgIpc) is 2.75. The van der Waals surface area contributed by atoms with Crippen molar-refractivity contribution in [1.29, 1.82) is 0 Å². The number of amides is 1. The summed E-state index contributed by atoms with van der Waals surface area (Å²) in [5.74, 6) is 0.551. The normalized spacial score (nSPS) is 14.4. The van der Waals surface area contributed by atoms with Gasteiger partial charge in [-0.1, -0.05) is 33.6 Å². The first-order valence-electron chi connectivity index (χ1n) is 6.19. The predicted molar refractivity (Wildman–Crippen MR) is 68.6 cm³/mol. The van der Waals surface area contributed by atoms with Crippen molar-refractivity contribution in [3.8, 4) is 0 Å². The van der Waals surface area contributed by atoms with Gasteiger partial charge in [0, 0.05) is 11.8 Å². The van der Waals surface area contributed by atoms with Crippen LogP contribution in [-0.2, 0) is 11.2 Å². The van der Waals surface area contributed by atoms with Crippen molar-refractivity contribution >= 4 is 11.7 Å². The van der Waals surface area contributed by atoms with Crippen LogP contribution in [0.1, 0.15) is 39.3 Å². The Morgan fingerprint density at radius 1 is 1.59 bits per heavy atom. The van der Waals surface area contributed by atoms with E-state index in [2.05, 4.69) is 22.4 Å². The Hall–Kier alpha value is -1.36. The molecule has 0 bridgehead atoms. The molecule has 0 saturated carbocycles. The van der Waals surface area contributed by atoms with E-state index in [1.54, 1.807) is 0 Å². The monoisotopic (exact) mass is 238 g/mol. The van der Waals surface area contributed by atoms with Crippen molar-refractivity contribution in [1.82, 2.24) is 10.2 Å². The molecule has 4 N–H and O–H groups in total. The SMILES string of the molecule is CCCc1cc(NC(=O)[C@@H](N)[C@@H](C)CC)n[nH]1. The summed E-state index contributed by atoms with van der Waals surface area (Å²) >= 11 is 0. The van der Waals surface area contributed by atoms with Crippen molar-refractivity contribution in [2.75, 3.05) is 5.32 Å². The molecule has 2 atom stereocenters. The highest BCUT2D eigenvalue weighted by molar-refractivity contribution is 5.94. The molecule has 0 aliphatic rings. The lowest BCUT2D eigenvalue weighted by atomic mass is 9.99. The fourth-order valence-corrected chi connectivity index (χ4v) is 1.54. The number of carbonyl (C=O) groups excluding carboxylic acids is 1. The fourth-order valence-electron chi connectivity index (χ4n) is 1.54. The van der Waals surface area contributed by atoms with Gasteiger partial charge in [0.15, 0.2) is 5.82 Å². The van der Waals surface area contributed by atoms with E-state index in [-0.39, 0.29) is 11.8 Å². The summed E-state index contributed by atoms with van der Waals surface area (Å²) in [5, 5.41) is 9.65. The molecule has 1 aromatic rings. The zero-order chi connectivity index (χ0) is 12.8. The number of nitrogens with one attached hydrogen (secondary N) is 2. The molecule has 1 rings (SSSR count). The van der Waals surface area contributed by atoms with Crippen molar-refractivity contribution < 1.29 is 4.79 Å². The molecule has 1 amide bonds. The fraction of sp³-hybridized carbons (Fsp3) is 0.667. The summed E-state index contributed by atoms with van der Waals surface area (Å²) in [6.07, 6.45) is 2.86.